The highest BCUT2D eigenvalue weighted by Crippen LogP contribution is 2.29. The summed E-state index contributed by atoms with van der Waals surface area (Å²) in [4.78, 5) is 6.94. The summed E-state index contributed by atoms with van der Waals surface area (Å²) in [5, 5.41) is 14.1. The van der Waals surface area contributed by atoms with Crippen LogP contribution in [0.15, 0.2) is 40.0 Å². The Balaban J connectivity index is 1.27. The van der Waals surface area contributed by atoms with Gasteiger partial charge in [0.2, 0.25) is 11.8 Å². The van der Waals surface area contributed by atoms with E-state index in [1.165, 1.54) is 18.4 Å². The van der Waals surface area contributed by atoms with E-state index in [1.807, 2.05) is 18.2 Å². The van der Waals surface area contributed by atoms with Crippen molar-refractivity contribution in [2.75, 3.05) is 24.6 Å². The third-order valence-electron chi connectivity index (χ3n) is 6.21. The molecule has 8 nitrogen and oxygen atoms in total. The molecule has 0 N–H and O–H groups in total. The van der Waals surface area contributed by atoms with Gasteiger partial charge in [-0.1, -0.05) is 54.2 Å². The first-order valence-electron chi connectivity index (χ1n) is 11.5. The second kappa shape index (κ2) is 10.0. The summed E-state index contributed by atoms with van der Waals surface area (Å²) < 4.78 is 13.6. The minimum absolute atomic E-state index is 0.230. The van der Waals surface area contributed by atoms with E-state index in [0.717, 1.165) is 56.1 Å². The first-order chi connectivity index (χ1) is 15.7. The van der Waals surface area contributed by atoms with Crippen LogP contribution in [0.5, 0.6) is 0 Å². The lowest BCUT2D eigenvalue weighted by atomic mass is 10.00. The minimum atomic E-state index is 0.230. The summed E-state index contributed by atoms with van der Waals surface area (Å²) in [5.41, 5.74) is 1.17. The fraction of sp³-hybridized carbons (Fsp3) is 0.565. The third-order valence-corrected chi connectivity index (χ3v) is 7.17. The van der Waals surface area contributed by atoms with Crippen LogP contribution in [-0.2, 0) is 23.5 Å². The molecule has 32 heavy (non-hydrogen) atoms. The molecule has 0 saturated carbocycles. The molecule has 9 heteroatoms. The number of piperidine rings is 1. The standard InChI is InChI=1S/C23H30N6O2S/c1-17-9-11-28(12-10-17)22-25-26-23(29(22)15-19-8-5-13-30-19)32-16-21-24-20(27-31-21)14-18-6-3-2-4-7-18/h2-4,6-7,17,19H,5,8-16H2,1H3. The Morgan fingerprint density at radius 3 is 2.72 bits per heavy atom. The summed E-state index contributed by atoms with van der Waals surface area (Å²) in [6, 6.07) is 10.2. The second-order valence-electron chi connectivity index (χ2n) is 8.75. The van der Waals surface area contributed by atoms with Crippen molar-refractivity contribution in [2.45, 2.75) is 62.6 Å². The molecule has 170 valence electrons. The molecule has 5 rings (SSSR count). The number of ether oxygens (including phenoxy) is 1. The molecule has 1 aromatic carbocycles. The van der Waals surface area contributed by atoms with Crippen LogP contribution in [-0.4, -0.2) is 50.7 Å². The number of hydrogen-bond donors (Lipinski definition) is 0. The predicted octanol–water partition coefficient (Wildman–Crippen LogP) is 3.96. The largest absolute Gasteiger partial charge is 0.376 e. The highest BCUT2D eigenvalue weighted by molar-refractivity contribution is 7.98. The quantitative estimate of drug-likeness (QED) is 0.473. The number of thioether (sulfide) groups is 1. The van der Waals surface area contributed by atoms with E-state index >= 15 is 0 Å². The van der Waals surface area contributed by atoms with E-state index in [-0.39, 0.29) is 6.10 Å². The van der Waals surface area contributed by atoms with Crippen molar-refractivity contribution in [3.63, 3.8) is 0 Å². The van der Waals surface area contributed by atoms with Gasteiger partial charge in [-0.3, -0.25) is 4.57 Å². The maximum atomic E-state index is 5.92. The van der Waals surface area contributed by atoms with Gasteiger partial charge < -0.3 is 14.2 Å². The van der Waals surface area contributed by atoms with Crippen LogP contribution < -0.4 is 4.90 Å². The molecule has 0 aliphatic carbocycles. The van der Waals surface area contributed by atoms with E-state index in [2.05, 4.69) is 48.9 Å². The minimum Gasteiger partial charge on any atom is -0.376 e. The maximum Gasteiger partial charge on any atom is 0.237 e. The van der Waals surface area contributed by atoms with Crippen molar-refractivity contribution in [2.24, 2.45) is 5.92 Å². The van der Waals surface area contributed by atoms with Crippen LogP contribution in [0.25, 0.3) is 0 Å². The summed E-state index contributed by atoms with van der Waals surface area (Å²) in [6.07, 6.45) is 5.50. The zero-order valence-electron chi connectivity index (χ0n) is 18.5. The zero-order valence-corrected chi connectivity index (χ0v) is 19.3. The third kappa shape index (κ3) is 5.15. The highest BCUT2D eigenvalue weighted by atomic mass is 32.2. The van der Waals surface area contributed by atoms with Crippen LogP contribution in [0.3, 0.4) is 0 Å². The molecule has 0 spiro atoms. The lowest BCUT2D eigenvalue weighted by molar-refractivity contribution is 0.0951. The molecular weight excluding hydrogens is 424 g/mol. The molecule has 0 amide bonds. The van der Waals surface area contributed by atoms with Gasteiger partial charge in [0.05, 0.1) is 18.4 Å². The van der Waals surface area contributed by atoms with Crippen LogP contribution in [0.1, 0.15) is 49.9 Å². The Hall–Kier alpha value is -2.39. The zero-order chi connectivity index (χ0) is 21.8. The molecular formula is C23H30N6O2S. The van der Waals surface area contributed by atoms with E-state index in [0.29, 0.717) is 23.9 Å². The molecule has 3 aromatic rings. The number of benzene rings is 1. The molecule has 2 saturated heterocycles. The molecule has 2 aliphatic heterocycles. The molecule has 0 radical (unpaired) electrons. The Bertz CT molecular complexity index is 993. The highest BCUT2D eigenvalue weighted by Gasteiger charge is 2.26. The molecule has 4 heterocycles. The molecule has 2 aromatic heterocycles. The number of aromatic nitrogens is 5. The van der Waals surface area contributed by atoms with Crippen LogP contribution in [0, 0.1) is 5.92 Å². The summed E-state index contributed by atoms with van der Waals surface area (Å²) >= 11 is 1.60. The topological polar surface area (TPSA) is 82.1 Å². The van der Waals surface area contributed by atoms with Gasteiger partial charge in [0.25, 0.3) is 0 Å². The van der Waals surface area contributed by atoms with Gasteiger partial charge in [-0.15, -0.1) is 10.2 Å². The van der Waals surface area contributed by atoms with Gasteiger partial charge in [-0.25, -0.2) is 0 Å². The Labute approximate surface area is 192 Å². The van der Waals surface area contributed by atoms with Gasteiger partial charge in [0.15, 0.2) is 11.0 Å². The first kappa shape index (κ1) is 21.5. The molecule has 0 bridgehead atoms. The van der Waals surface area contributed by atoms with Crippen molar-refractivity contribution in [3.8, 4) is 0 Å². The molecule has 1 atom stereocenters. The van der Waals surface area contributed by atoms with Crippen molar-refractivity contribution in [1.29, 1.82) is 0 Å². The predicted molar refractivity (Wildman–Crippen MR) is 123 cm³/mol. The lowest BCUT2D eigenvalue weighted by Crippen LogP contribution is -2.35. The number of rotatable bonds is 8. The maximum absolute atomic E-state index is 5.92. The Morgan fingerprint density at radius 1 is 1.09 bits per heavy atom. The van der Waals surface area contributed by atoms with E-state index in [9.17, 15) is 0 Å². The first-order valence-corrected chi connectivity index (χ1v) is 12.5. The van der Waals surface area contributed by atoms with E-state index < -0.39 is 0 Å². The molecule has 1 unspecified atom stereocenters. The summed E-state index contributed by atoms with van der Waals surface area (Å²) in [7, 11) is 0. The second-order valence-corrected chi connectivity index (χ2v) is 9.70. The van der Waals surface area contributed by atoms with Gasteiger partial charge in [0.1, 0.15) is 0 Å². The van der Waals surface area contributed by atoms with Crippen molar-refractivity contribution in [1.82, 2.24) is 24.9 Å². The van der Waals surface area contributed by atoms with Crippen molar-refractivity contribution >= 4 is 17.7 Å². The number of hydrogen-bond acceptors (Lipinski definition) is 8. The van der Waals surface area contributed by atoms with Crippen LogP contribution in [0.2, 0.25) is 0 Å². The van der Waals surface area contributed by atoms with E-state index in [4.69, 9.17) is 9.26 Å². The lowest BCUT2D eigenvalue weighted by Gasteiger charge is -2.31. The molecule has 2 aliphatic rings. The van der Waals surface area contributed by atoms with Gasteiger partial charge >= 0.3 is 0 Å². The van der Waals surface area contributed by atoms with Crippen molar-refractivity contribution in [3.05, 3.63) is 47.6 Å². The molecule has 2 fully saturated rings. The number of nitrogens with zero attached hydrogens (tertiary/aromatic N) is 6. The fourth-order valence-electron chi connectivity index (χ4n) is 4.31. The summed E-state index contributed by atoms with van der Waals surface area (Å²) in [6.45, 7) is 6.02. The van der Waals surface area contributed by atoms with Crippen LogP contribution >= 0.6 is 11.8 Å². The average molecular weight is 455 g/mol. The average Bonchev–Trinajstić information content (AvgIpc) is 3.56. The monoisotopic (exact) mass is 454 g/mol. The fourth-order valence-corrected chi connectivity index (χ4v) is 5.09. The van der Waals surface area contributed by atoms with Crippen LogP contribution in [0.4, 0.5) is 5.95 Å². The van der Waals surface area contributed by atoms with Gasteiger partial charge in [-0.2, -0.15) is 4.98 Å². The Kier molecular flexibility index (Phi) is 6.73. The van der Waals surface area contributed by atoms with Crippen molar-refractivity contribution < 1.29 is 9.26 Å². The number of anilines is 1. The van der Waals surface area contributed by atoms with Gasteiger partial charge in [0, 0.05) is 26.1 Å². The SMILES string of the molecule is CC1CCN(c2nnc(SCc3nc(Cc4ccccc4)no3)n2CC2CCCO2)CC1. The Morgan fingerprint density at radius 2 is 1.94 bits per heavy atom. The normalized spacial score (nSPS) is 19.7. The summed E-state index contributed by atoms with van der Waals surface area (Å²) in [5.74, 6) is 3.63. The van der Waals surface area contributed by atoms with E-state index in [1.54, 1.807) is 11.8 Å². The smallest absolute Gasteiger partial charge is 0.237 e. The van der Waals surface area contributed by atoms with Gasteiger partial charge in [-0.05, 0) is 37.2 Å².